The van der Waals surface area contributed by atoms with Crippen molar-refractivity contribution >= 4 is 12.1 Å². The lowest BCUT2D eigenvalue weighted by Gasteiger charge is -2.61. The summed E-state index contributed by atoms with van der Waals surface area (Å²) in [6.07, 6.45) is 11.7. The number of aldehydes is 1. The highest BCUT2D eigenvalue weighted by Crippen LogP contribution is 2.71. The third kappa shape index (κ3) is 3.46. The largest absolute Gasteiger partial charge is 0.393 e. The first-order valence-electron chi connectivity index (χ1n) is 13.4. The molecule has 0 radical (unpaired) electrons. The lowest BCUT2D eigenvalue weighted by molar-refractivity contribution is -0.134. The van der Waals surface area contributed by atoms with Crippen LogP contribution in [0.15, 0.2) is 22.8 Å². The number of carbonyl (C=O) groups excluding carboxylic acids is 2. The Balaban J connectivity index is 1.68. The summed E-state index contributed by atoms with van der Waals surface area (Å²) in [6, 6.07) is 0. The molecule has 7 atom stereocenters. The van der Waals surface area contributed by atoms with E-state index in [1.54, 1.807) is 0 Å². The number of carbonyl (C=O) groups is 2. The number of ketones is 1. The predicted octanol–water partition coefficient (Wildman–Crippen LogP) is 6.84. The van der Waals surface area contributed by atoms with Gasteiger partial charge in [-0.15, -0.1) is 0 Å². The first-order chi connectivity index (χ1) is 15.3. The Hall–Kier alpha value is -1.22. The number of Topliss-reactive ketones (excluding diaryl/α,β-unsaturated/α-hetero) is 1. The monoisotopic (exact) mass is 454 g/mol. The van der Waals surface area contributed by atoms with Crippen LogP contribution in [0.25, 0.3) is 0 Å². The molecule has 33 heavy (non-hydrogen) atoms. The smallest absolute Gasteiger partial charge is 0.159 e. The summed E-state index contributed by atoms with van der Waals surface area (Å²) in [4.78, 5) is 24.8. The average Bonchev–Trinajstić information content (AvgIpc) is 3.04. The van der Waals surface area contributed by atoms with Crippen LogP contribution in [0, 0.1) is 39.4 Å². The fraction of sp³-hybridized carbons (Fsp3) is 0.800. The van der Waals surface area contributed by atoms with Gasteiger partial charge in [-0.05, 0) is 97.9 Å². The van der Waals surface area contributed by atoms with Gasteiger partial charge in [-0.25, -0.2) is 0 Å². The molecule has 2 saturated carbocycles. The van der Waals surface area contributed by atoms with Gasteiger partial charge in [-0.2, -0.15) is 0 Å². The van der Waals surface area contributed by atoms with Crippen LogP contribution < -0.4 is 0 Å². The van der Waals surface area contributed by atoms with Crippen molar-refractivity contribution in [3.05, 3.63) is 22.8 Å². The maximum Gasteiger partial charge on any atom is 0.159 e. The Morgan fingerprint density at radius 2 is 1.82 bits per heavy atom. The molecule has 4 aliphatic rings. The summed E-state index contributed by atoms with van der Waals surface area (Å²) in [7, 11) is 0. The molecule has 0 aromatic heterocycles. The van der Waals surface area contributed by atoms with Gasteiger partial charge < -0.3 is 5.11 Å². The van der Waals surface area contributed by atoms with Crippen LogP contribution in [0.4, 0.5) is 0 Å². The van der Waals surface area contributed by atoms with Crippen LogP contribution >= 0.6 is 0 Å². The number of hydrogen-bond donors (Lipinski definition) is 1. The average molecular weight is 455 g/mol. The number of rotatable bonds is 5. The quantitative estimate of drug-likeness (QED) is 0.365. The van der Waals surface area contributed by atoms with Crippen molar-refractivity contribution in [2.45, 2.75) is 112 Å². The van der Waals surface area contributed by atoms with Crippen molar-refractivity contribution in [1.82, 2.24) is 0 Å². The molecule has 0 amide bonds. The summed E-state index contributed by atoms with van der Waals surface area (Å²) < 4.78 is 0. The van der Waals surface area contributed by atoms with Crippen LogP contribution in [0.1, 0.15) is 106 Å². The van der Waals surface area contributed by atoms with Crippen LogP contribution in [0.3, 0.4) is 0 Å². The summed E-state index contributed by atoms with van der Waals surface area (Å²) >= 11 is 0. The van der Waals surface area contributed by atoms with Crippen molar-refractivity contribution in [1.29, 1.82) is 0 Å². The maximum atomic E-state index is 13.9. The van der Waals surface area contributed by atoms with Crippen molar-refractivity contribution in [3.8, 4) is 0 Å². The molecule has 0 saturated heterocycles. The van der Waals surface area contributed by atoms with Crippen molar-refractivity contribution < 1.29 is 14.7 Å². The standard InChI is InChI=1S/C30H46O3/c1-19(18-31)9-8-10-20(2)21-11-16-30(7)26-22(12-15-29(21,30)6)28(5)14-13-25(33)27(3,4)24(28)17-23(26)32/h9,18,20-21,24-25,33H,8,10-17H2,1-7H3/t20-,21?,24+,25+,28-,29-,30+/m1/s1. The van der Waals surface area contributed by atoms with Gasteiger partial charge >= 0.3 is 0 Å². The Labute approximate surface area is 201 Å². The van der Waals surface area contributed by atoms with Gasteiger partial charge in [0.1, 0.15) is 6.29 Å². The Bertz CT molecular complexity index is 894. The fourth-order valence-corrected chi connectivity index (χ4v) is 9.13. The van der Waals surface area contributed by atoms with Crippen LogP contribution in [0.2, 0.25) is 0 Å². The highest BCUT2D eigenvalue weighted by Gasteiger charge is 2.65. The maximum absolute atomic E-state index is 13.9. The van der Waals surface area contributed by atoms with E-state index in [2.05, 4.69) is 47.6 Å². The van der Waals surface area contributed by atoms with Crippen LogP contribution in [0.5, 0.6) is 0 Å². The molecular weight excluding hydrogens is 408 g/mol. The molecule has 3 nitrogen and oxygen atoms in total. The van der Waals surface area contributed by atoms with E-state index in [9.17, 15) is 14.7 Å². The van der Waals surface area contributed by atoms with E-state index in [-0.39, 0.29) is 33.7 Å². The van der Waals surface area contributed by atoms with Crippen molar-refractivity contribution in [3.63, 3.8) is 0 Å². The SMILES string of the molecule is CC(C=O)=CCC[C@@H](C)C1CC[C@@]2(C)C3=C(CC[C@]12C)[C@@]1(C)CC[C@H](O)C(C)(C)[C@@H]1CC3=O. The second-order valence-corrected chi connectivity index (χ2v) is 13.3. The summed E-state index contributed by atoms with van der Waals surface area (Å²) in [5.74, 6) is 1.81. The number of aliphatic hydroxyl groups is 1. The second kappa shape index (κ2) is 8.18. The predicted molar refractivity (Wildman–Crippen MR) is 134 cm³/mol. The lowest BCUT2D eigenvalue weighted by atomic mass is 9.43. The van der Waals surface area contributed by atoms with E-state index in [0.29, 0.717) is 24.0 Å². The van der Waals surface area contributed by atoms with Crippen LogP contribution in [-0.2, 0) is 9.59 Å². The van der Waals surface area contributed by atoms with Gasteiger partial charge in [-0.3, -0.25) is 9.59 Å². The normalized spacial score (nSPS) is 43.6. The van der Waals surface area contributed by atoms with E-state index >= 15 is 0 Å². The molecular formula is C30H46O3. The Morgan fingerprint density at radius 1 is 1.12 bits per heavy atom. The molecule has 0 aromatic carbocycles. The van der Waals surface area contributed by atoms with Gasteiger partial charge in [0.05, 0.1) is 6.10 Å². The van der Waals surface area contributed by atoms with Gasteiger partial charge in [0, 0.05) is 17.4 Å². The number of aliphatic hydroxyl groups excluding tert-OH is 1. The van der Waals surface area contributed by atoms with E-state index in [1.165, 1.54) is 24.0 Å². The third-order valence-electron chi connectivity index (χ3n) is 11.6. The zero-order valence-electron chi connectivity index (χ0n) is 22.1. The minimum absolute atomic E-state index is 0.0389. The molecule has 3 heteroatoms. The molecule has 0 bridgehead atoms. The molecule has 2 fully saturated rings. The second-order valence-electron chi connectivity index (χ2n) is 13.3. The molecule has 4 aliphatic carbocycles. The molecule has 4 rings (SSSR count). The number of allylic oxidation sites excluding steroid dienone is 4. The molecule has 0 aromatic rings. The summed E-state index contributed by atoms with van der Waals surface area (Å²) in [5, 5.41) is 10.8. The third-order valence-corrected chi connectivity index (χ3v) is 11.6. The van der Waals surface area contributed by atoms with Crippen molar-refractivity contribution in [2.75, 3.05) is 0 Å². The zero-order valence-corrected chi connectivity index (χ0v) is 22.1. The van der Waals surface area contributed by atoms with Gasteiger partial charge in [-0.1, -0.05) is 53.2 Å². The minimum atomic E-state index is -0.316. The number of fused-ring (bicyclic) bond motifs is 4. The van der Waals surface area contributed by atoms with E-state index in [0.717, 1.165) is 50.4 Å². The van der Waals surface area contributed by atoms with Crippen LogP contribution in [-0.4, -0.2) is 23.3 Å². The molecule has 0 heterocycles. The molecule has 0 aliphatic heterocycles. The van der Waals surface area contributed by atoms with E-state index in [4.69, 9.17) is 0 Å². The minimum Gasteiger partial charge on any atom is -0.393 e. The first kappa shape index (κ1) is 24.9. The summed E-state index contributed by atoms with van der Waals surface area (Å²) in [5.41, 5.74) is 3.42. The van der Waals surface area contributed by atoms with Gasteiger partial charge in [0.25, 0.3) is 0 Å². The lowest BCUT2D eigenvalue weighted by Crippen LogP contribution is -2.57. The van der Waals surface area contributed by atoms with E-state index < -0.39 is 0 Å². The summed E-state index contributed by atoms with van der Waals surface area (Å²) in [6.45, 7) is 15.9. The highest BCUT2D eigenvalue weighted by atomic mass is 16.3. The number of hydrogen-bond acceptors (Lipinski definition) is 3. The first-order valence-corrected chi connectivity index (χ1v) is 13.4. The topological polar surface area (TPSA) is 54.4 Å². The van der Waals surface area contributed by atoms with Gasteiger partial charge in [0.2, 0.25) is 0 Å². The zero-order chi connectivity index (χ0) is 24.4. The Morgan fingerprint density at radius 3 is 2.48 bits per heavy atom. The molecule has 184 valence electrons. The Kier molecular flexibility index (Phi) is 6.17. The highest BCUT2D eigenvalue weighted by molar-refractivity contribution is 5.99. The van der Waals surface area contributed by atoms with E-state index in [1.807, 2.05) is 6.92 Å². The molecule has 0 spiro atoms. The van der Waals surface area contributed by atoms with Crippen molar-refractivity contribution in [2.24, 2.45) is 39.4 Å². The van der Waals surface area contributed by atoms with Gasteiger partial charge in [0.15, 0.2) is 5.78 Å². The molecule has 1 unspecified atom stereocenters. The molecule has 1 N–H and O–H groups in total. The fourth-order valence-electron chi connectivity index (χ4n) is 9.13.